The van der Waals surface area contributed by atoms with E-state index in [0.717, 1.165) is 6.54 Å². The summed E-state index contributed by atoms with van der Waals surface area (Å²) < 4.78 is 5.29. The SMILES string of the molecule is COCC(C)NC(=O)CNCC1(C)CCCS1. The highest BCUT2D eigenvalue weighted by molar-refractivity contribution is 8.00. The minimum atomic E-state index is 0.0427. The molecule has 1 amide bonds. The summed E-state index contributed by atoms with van der Waals surface area (Å²) in [6.45, 7) is 6.06. The van der Waals surface area contributed by atoms with Crippen LogP contribution in [0.15, 0.2) is 0 Å². The minimum absolute atomic E-state index is 0.0427. The lowest BCUT2D eigenvalue weighted by Gasteiger charge is -2.23. The summed E-state index contributed by atoms with van der Waals surface area (Å²) in [7, 11) is 1.64. The molecule has 2 atom stereocenters. The lowest BCUT2D eigenvalue weighted by Crippen LogP contribution is -2.43. The third kappa shape index (κ3) is 5.75. The molecule has 0 aliphatic carbocycles. The van der Waals surface area contributed by atoms with E-state index in [2.05, 4.69) is 17.6 Å². The highest BCUT2D eigenvalue weighted by Gasteiger charge is 2.28. The number of rotatable bonds is 7. The molecule has 1 saturated heterocycles. The van der Waals surface area contributed by atoms with Gasteiger partial charge in [0, 0.05) is 24.4 Å². The maximum atomic E-state index is 11.6. The van der Waals surface area contributed by atoms with Crippen LogP contribution in [0.4, 0.5) is 0 Å². The second-order valence-corrected chi connectivity index (χ2v) is 6.61. The Balaban J connectivity index is 2.11. The first-order valence-electron chi connectivity index (χ1n) is 6.19. The molecule has 0 aromatic rings. The summed E-state index contributed by atoms with van der Waals surface area (Å²) in [5.41, 5.74) is 0. The molecular formula is C12H24N2O2S. The summed E-state index contributed by atoms with van der Waals surface area (Å²) in [4.78, 5) is 11.6. The van der Waals surface area contributed by atoms with Crippen molar-refractivity contribution in [3.05, 3.63) is 0 Å². The highest BCUT2D eigenvalue weighted by atomic mass is 32.2. The summed E-state index contributed by atoms with van der Waals surface area (Å²) in [6.07, 6.45) is 2.53. The largest absolute Gasteiger partial charge is 0.383 e. The molecule has 0 saturated carbocycles. The summed E-state index contributed by atoms with van der Waals surface area (Å²) in [5.74, 6) is 1.29. The van der Waals surface area contributed by atoms with Crippen LogP contribution in [0.5, 0.6) is 0 Å². The van der Waals surface area contributed by atoms with Gasteiger partial charge in [0.2, 0.25) is 5.91 Å². The van der Waals surface area contributed by atoms with Crippen molar-refractivity contribution < 1.29 is 9.53 Å². The molecule has 5 heteroatoms. The Morgan fingerprint density at radius 1 is 1.59 bits per heavy atom. The lowest BCUT2D eigenvalue weighted by atomic mass is 10.1. The van der Waals surface area contributed by atoms with Crippen molar-refractivity contribution in [3.8, 4) is 0 Å². The zero-order valence-corrected chi connectivity index (χ0v) is 11.9. The van der Waals surface area contributed by atoms with Gasteiger partial charge in [-0.3, -0.25) is 4.79 Å². The van der Waals surface area contributed by atoms with Crippen molar-refractivity contribution >= 4 is 17.7 Å². The summed E-state index contributed by atoms with van der Waals surface area (Å²) in [6, 6.07) is 0.0748. The molecule has 0 aromatic heterocycles. The first kappa shape index (κ1) is 14.8. The van der Waals surface area contributed by atoms with Gasteiger partial charge >= 0.3 is 0 Å². The highest BCUT2D eigenvalue weighted by Crippen LogP contribution is 2.36. The number of carbonyl (C=O) groups excluding carboxylic acids is 1. The van der Waals surface area contributed by atoms with E-state index in [1.54, 1.807) is 7.11 Å². The molecule has 1 fully saturated rings. The predicted molar refractivity (Wildman–Crippen MR) is 72.4 cm³/mol. The Labute approximate surface area is 108 Å². The molecule has 2 unspecified atom stereocenters. The van der Waals surface area contributed by atoms with Crippen LogP contribution >= 0.6 is 11.8 Å². The average Bonchev–Trinajstić information content (AvgIpc) is 2.65. The van der Waals surface area contributed by atoms with Crippen molar-refractivity contribution in [2.75, 3.05) is 32.6 Å². The third-order valence-electron chi connectivity index (χ3n) is 2.91. The van der Waals surface area contributed by atoms with E-state index >= 15 is 0 Å². The Bertz CT molecular complexity index is 243. The lowest BCUT2D eigenvalue weighted by molar-refractivity contribution is -0.121. The van der Waals surface area contributed by atoms with Gasteiger partial charge in [-0.05, 0) is 32.4 Å². The standard InChI is InChI=1S/C12H24N2O2S/c1-10(8-16-3)14-11(15)7-13-9-12(2)5-4-6-17-12/h10,13H,4-9H2,1-3H3,(H,14,15). The molecule has 1 aliphatic heterocycles. The molecule has 1 rings (SSSR count). The van der Waals surface area contributed by atoms with E-state index in [4.69, 9.17) is 4.74 Å². The van der Waals surface area contributed by atoms with Crippen LogP contribution in [0.1, 0.15) is 26.7 Å². The molecule has 17 heavy (non-hydrogen) atoms. The number of hydrogen-bond acceptors (Lipinski definition) is 4. The second kappa shape index (κ2) is 7.24. The smallest absolute Gasteiger partial charge is 0.234 e. The fraction of sp³-hybridized carbons (Fsp3) is 0.917. The molecule has 0 spiro atoms. The Morgan fingerprint density at radius 3 is 2.94 bits per heavy atom. The monoisotopic (exact) mass is 260 g/mol. The van der Waals surface area contributed by atoms with Gasteiger partial charge in [0.25, 0.3) is 0 Å². The fourth-order valence-electron chi connectivity index (χ4n) is 2.03. The van der Waals surface area contributed by atoms with Crippen LogP contribution < -0.4 is 10.6 Å². The van der Waals surface area contributed by atoms with Crippen LogP contribution in [-0.4, -0.2) is 49.3 Å². The van der Waals surface area contributed by atoms with Gasteiger partial charge in [0.15, 0.2) is 0 Å². The zero-order chi connectivity index (χ0) is 12.7. The average molecular weight is 260 g/mol. The second-order valence-electron chi connectivity index (χ2n) is 4.93. The normalized spacial score (nSPS) is 25.8. The van der Waals surface area contributed by atoms with Gasteiger partial charge < -0.3 is 15.4 Å². The van der Waals surface area contributed by atoms with Crippen LogP contribution in [0.25, 0.3) is 0 Å². The third-order valence-corrected chi connectivity index (χ3v) is 4.45. The zero-order valence-electron chi connectivity index (χ0n) is 11.0. The number of amides is 1. The first-order valence-corrected chi connectivity index (χ1v) is 7.17. The number of thioether (sulfide) groups is 1. The van der Waals surface area contributed by atoms with Gasteiger partial charge in [-0.25, -0.2) is 0 Å². The Hall–Kier alpha value is -0.260. The van der Waals surface area contributed by atoms with Crippen LogP contribution in [0.2, 0.25) is 0 Å². The molecule has 2 N–H and O–H groups in total. The molecule has 0 radical (unpaired) electrons. The molecule has 0 bridgehead atoms. The van der Waals surface area contributed by atoms with Crippen LogP contribution in [0, 0.1) is 0 Å². The number of carbonyl (C=O) groups is 1. The van der Waals surface area contributed by atoms with Crippen LogP contribution in [0.3, 0.4) is 0 Å². The van der Waals surface area contributed by atoms with E-state index in [1.165, 1.54) is 18.6 Å². The molecule has 0 aromatic carbocycles. The minimum Gasteiger partial charge on any atom is -0.383 e. The summed E-state index contributed by atoms with van der Waals surface area (Å²) in [5, 5.41) is 6.13. The molecule has 1 aliphatic rings. The van der Waals surface area contributed by atoms with Gasteiger partial charge in [0.05, 0.1) is 13.2 Å². The van der Waals surface area contributed by atoms with E-state index in [1.807, 2.05) is 18.7 Å². The number of nitrogens with one attached hydrogen (secondary N) is 2. The van der Waals surface area contributed by atoms with E-state index < -0.39 is 0 Å². The van der Waals surface area contributed by atoms with Gasteiger partial charge in [-0.15, -0.1) is 0 Å². The molecule has 4 nitrogen and oxygen atoms in total. The predicted octanol–water partition coefficient (Wildman–Crippen LogP) is 1.01. The fourth-order valence-corrected chi connectivity index (χ4v) is 3.31. The van der Waals surface area contributed by atoms with Crippen LogP contribution in [-0.2, 0) is 9.53 Å². The number of methoxy groups -OCH3 is 1. The first-order chi connectivity index (χ1) is 8.06. The van der Waals surface area contributed by atoms with Gasteiger partial charge in [-0.2, -0.15) is 11.8 Å². The van der Waals surface area contributed by atoms with Crippen molar-refractivity contribution in [1.82, 2.24) is 10.6 Å². The van der Waals surface area contributed by atoms with Crippen molar-refractivity contribution in [2.45, 2.75) is 37.5 Å². The van der Waals surface area contributed by atoms with E-state index in [9.17, 15) is 4.79 Å². The quantitative estimate of drug-likeness (QED) is 0.717. The number of hydrogen-bond donors (Lipinski definition) is 2. The summed E-state index contributed by atoms with van der Waals surface area (Å²) >= 11 is 2.00. The maximum Gasteiger partial charge on any atom is 0.234 e. The molecular weight excluding hydrogens is 236 g/mol. The molecule has 100 valence electrons. The Morgan fingerprint density at radius 2 is 2.35 bits per heavy atom. The maximum absolute atomic E-state index is 11.6. The van der Waals surface area contributed by atoms with E-state index in [-0.39, 0.29) is 11.9 Å². The topological polar surface area (TPSA) is 50.4 Å². The van der Waals surface area contributed by atoms with Gasteiger partial charge in [0.1, 0.15) is 0 Å². The van der Waals surface area contributed by atoms with Crippen molar-refractivity contribution in [2.24, 2.45) is 0 Å². The Kier molecular flexibility index (Phi) is 6.30. The van der Waals surface area contributed by atoms with E-state index in [0.29, 0.717) is 17.9 Å². The van der Waals surface area contributed by atoms with Crippen molar-refractivity contribution in [3.63, 3.8) is 0 Å². The molecule has 1 heterocycles. The number of ether oxygens (including phenoxy) is 1. The van der Waals surface area contributed by atoms with Crippen molar-refractivity contribution in [1.29, 1.82) is 0 Å². The van der Waals surface area contributed by atoms with Gasteiger partial charge in [-0.1, -0.05) is 0 Å².